The van der Waals surface area contributed by atoms with Crippen molar-refractivity contribution in [2.75, 3.05) is 6.54 Å². The van der Waals surface area contributed by atoms with Crippen molar-refractivity contribution in [3.05, 3.63) is 0 Å². The Hall–Kier alpha value is -2.85. The first-order chi connectivity index (χ1) is 17.0. The van der Waals surface area contributed by atoms with E-state index in [9.17, 15) is 34.2 Å². The van der Waals surface area contributed by atoms with E-state index in [1.165, 1.54) is 0 Å². The Bertz CT molecular complexity index is 810. The van der Waals surface area contributed by atoms with Crippen LogP contribution in [0.15, 0.2) is 0 Å². The van der Waals surface area contributed by atoms with Crippen molar-refractivity contribution in [1.82, 2.24) is 15.5 Å². The molecule has 2 atom stereocenters. The molecule has 1 aliphatic carbocycles. The lowest BCUT2D eigenvalue weighted by Gasteiger charge is -2.30. The summed E-state index contributed by atoms with van der Waals surface area (Å²) in [5.41, 5.74) is -1.61. The van der Waals surface area contributed by atoms with Gasteiger partial charge in [-0.25, -0.2) is 24.1 Å². The molecule has 1 unspecified atom stereocenters. The third-order valence-electron chi connectivity index (χ3n) is 6.13. The summed E-state index contributed by atoms with van der Waals surface area (Å²) in [6, 6.07) is -3.20. The normalized spacial score (nSPS) is 16.3. The maximum atomic E-state index is 12.8. The second kappa shape index (κ2) is 14.2. The Morgan fingerprint density at radius 2 is 1.41 bits per heavy atom. The molecule has 11 nitrogen and oxygen atoms in total. The summed E-state index contributed by atoms with van der Waals surface area (Å²) >= 11 is 0. The molecule has 0 spiro atoms. The maximum Gasteiger partial charge on any atom is 0.417 e. The molecule has 4 amide bonds. The molecule has 4 N–H and O–H groups in total. The highest BCUT2D eigenvalue weighted by molar-refractivity contribution is 5.94. The molecule has 0 aromatic heterocycles. The summed E-state index contributed by atoms with van der Waals surface area (Å²) < 4.78 is 5.35. The van der Waals surface area contributed by atoms with Crippen LogP contribution in [0.4, 0.5) is 9.59 Å². The largest absolute Gasteiger partial charge is 0.480 e. The fourth-order valence-electron chi connectivity index (χ4n) is 4.21. The van der Waals surface area contributed by atoms with Gasteiger partial charge in [-0.3, -0.25) is 4.79 Å². The molecule has 0 heterocycles. The van der Waals surface area contributed by atoms with E-state index in [4.69, 9.17) is 4.74 Å². The predicted octanol–water partition coefficient (Wildman–Crippen LogP) is 4.14. The van der Waals surface area contributed by atoms with Gasteiger partial charge < -0.3 is 25.6 Å². The molecular weight excluding hydrogens is 482 g/mol. The molecule has 1 rings (SSSR count). The number of urea groups is 1. The molecule has 11 heteroatoms. The number of carbonyl (C=O) groups excluding carboxylic acids is 3. The first-order valence-corrected chi connectivity index (χ1v) is 13.1. The van der Waals surface area contributed by atoms with Gasteiger partial charge in [0, 0.05) is 12.0 Å². The minimum absolute atomic E-state index is 0.0338. The number of ether oxygens (including phenoxy) is 1. The molecule has 0 aliphatic heterocycles. The van der Waals surface area contributed by atoms with Crippen LogP contribution in [0.2, 0.25) is 0 Å². The highest BCUT2D eigenvalue weighted by Gasteiger charge is 2.34. The van der Waals surface area contributed by atoms with Gasteiger partial charge in [0.25, 0.3) is 0 Å². The van der Waals surface area contributed by atoms with Crippen molar-refractivity contribution in [3.63, 3.8) is 0 Å². The smallest absolute Gasteiger partial charge is 0.417 e. The number of unbranched alkanes of at least 4 members (excludes halogenated alkanes) is 1. The molecule has 1 saturated carbocycles. The zero-order valence-electron chi connectivity index (χ0n) is 23.1. The van der Waals surface area contributed by atoms with Gasteiger partial charge in [-0.1, -0.05) is 52.9 Å². The zero-order valence-corrected chi connectivity index (χ0v) is 23.1. The minimum atomic E-state index is -1.26. The minimum Gasteiger partial charge on any atom is -0.480 e. The van der Waals surface area contributed by atoms with E-state index in [1.807, 2.05) is 0 Å². The number of carboxylic acid groups (broad SMARTS) is 2. The molecule has 1 fully saturated rings. The first-order valence-electron chi connectivity index (χ1n) is 13.1. The van der Waals surface area contributed by atoms with Gasteiger partial charge in [0.15, 0.2) is 0 Å². The van der Waals surface area contributed by atoms with Crippen molar-refractivity contribution in [1.29, 1.82) is 0 Å². The van der Waals surface area contributed by atoms with E-state index in [1.54, 1.807) is 41.5 Å². The number of nitrogens with one attached hydrogen (secondary N) is 2. The highest BCUT2D eigenvalue weighted by atomic mass is 16.6. The van der Waals surface area contributed by atoms with Crippen LogP contribution in [-0.2, 0) is 19.1 Å². The molecule has 0 bridgehead atoms. The lowest BCUT2D eigenvalue weighted by molar-refractivity contribution is -0.140. The summed E-state index contributed by atoms with van der Waals surface area (Å²) in [4.78, 5) is 62.2. The van der Waals surface area contributed by atoms with Gasteiger partial charge in [-0.2, -0.15) is 0 Å². The van der Waals surface area contributed by atoms with E-state index in [2.05, 4.69) is 10.6 Å². The van der Waals surface area contributed by atoms with Crippen LogP contribution in [0.3, 0.4) is 0 Å². The number of amides is 4. The molecule has 0 aromatic carbocycles. The van der Waals surface area contributed by atoms with Crippen molar-refractivity contribution >= 4 is 30.0 Å². The Kier molecular flexibility index (Phi) is 12.3. The van der Waals surface area contributed by atoms with Gasteiger partial charge in [0.1, 0.15) is 17.7 Å². The molecule has 0 aromatic rings. The number of rotatable bonds is 11. The number of hydrogen-bond acceptors (Lipinski definition) is 6. The van der Waals surface area contributed by atoms with E-state index < -0.39 is 53.1 Å². The van der Waals surface area contributed by atoms with E-state index >= 15 is 0 Å². The standard InChI is InChI=1S/C26H45N3O8/c1-25(2,3)22(34)29(24(36)37-26(4,5)6)15-11-10-14-18(20(30)31)27-23(35)28-19(21(32)33)16-17-12-8-7-9-13-17/h17-19H,7-16H2,1-6H3,(H,30,31)(H,32,33)(H2,27,28,35)/t18?,19-/m1/s1. The lowest BCUT2D eigenvalue weighted by Crippen LogP contribution is -2.51. The number of hydrogen-bond donors (Lipinski definition) is 4. The fourth-order valence-corrected chi connectivity index (χ4v) is 4.21. The van der Waals surface area contributed by atoms with Gasteiger partial charge in [-0.15, -0.1) is 0 Å². The van der Waals surface area contributed by atoms with Crippen molar-refractivity contribution in [2.45, 2.75) is 117 Å². The van der Waals surface area contributed by atoms with Gasteiger partial charge >= 0.3 is 24.1 Å². The van der Waals surface area contributed by atoms with Crippen LogP contribution in [-0.4, -0.2) is 69.3 Å². The zero-order chi connectivity index (χ0) is 28.4. The summed E-state index contributed by atoms with van der Waals surface area (Å²) in [5, 5.41) is 23.8. The van der Waals surface area contributed by atoms with Gasteiger partial charge in [0.05, 0.1) is 0 Å². The highest BCUT2D eigenvalue weighted by Crippen LogP contribution is 2.27. The summed E-state index contributed by atoms with van der Waals surface area (Å²) in [5.74, 6) is -2.61. The van der Waals surface area contributed by atoms with Gasteiger partial charge in [0.2, 0.25) is 5.91 Å². The number of imide groups is 1. The van der Waals surface area contributed by atoms with E-state index in [0.717, 1.165) is 37.0 Å². The lowest BCUT2D eigenvalue weighted by atomic mass is 9.85. The quantitative estimate of drug-likeness (QED) is 0.291. The number of carboxylic acids is 2. The topological polar surface area (TPSA) is 162 Å². The third kappa shape index (κ3) is 12.3. The number of nitrogens with zero attached hydrogens (tertiary/aromatic N) is 1. The second-order valence-corrected chi connectivity index (χ2v) is 11.8. The van der Waals surface area contributed by atoms with E-state index in [0.29, 0.717) is 19.3 Å². The van der Waals surface area contributed by atoms with Crippen LogP contribution >= 0.6 is 0 Å². The Labute approximate surface area is 219 Å². The monoisotopic (exact) mass is 527 g/mol. The molecule has 0 saturated heterocycles. The Balaban J connectivity index is 2.68. The Morgan fingerprint density at radius 3 is 1.89 bits per heavy atom. The average Bonchev–Trinajstić information content (AvgIpc) is 2.76. The average molecular weight is 528 g/mol. The predicted molar refractivity (Wildman–Crippen MR) is 137 cm³/mol. The van der Waals surface area contributed by atoms with Crippen molar-refractivity contribution in [3.8, 4) is 0 Å². The SMILES string of the molecule is CC(C)(C)OC(=O)N(CCCCC(NC(=O)N[C@H](CC1CCCCC1)C(=O)O)C(=O)O)C(=O)C(C)(C)C. The molecule has 212 valence electrons. The van der Waals surface area contributed by atoms with E-state index in [-0.39, 0.29) is 18.9 Å². The summed E-state index contributed by atoms with van der Waals surface area (Å²) in [6.07, 6.45) is 5.21. The Morgan fingerprint density at radius 1 is 0.865 bits per heavy atom. The number of aliphatic carboxylic acids is 2. The summed E-state index contributed by atoms with van der Waals surface area (Å²) in [6.45, 7) is 10.2. The molecular formula is C26H45N3O8. The van der Waals surface area contributed by atoms with Crippen molar-refractivity contribution in [2.24, 2.45) is 11.3 Å². The maximum absolute atomic E-state index is 12.8. The third-order valence-corrected chi connectivity index (χ3v) is 6.13. The summed E-state index contributed by atoms with van der Waals surface area (Å²) in [7, 11) is 0. The molecule has 1 aliphatic rings. The molecule has 37 heavy (non-hydrogen) atoms. The van der Waals surface area contributed by atoms with Crippen LogP contribution in [0.25, 0.3) is 0 Å². The fraction of sp³-hybridized carbons (Fsp3) is 0.808. The second-order valence-electron chi connectivity index (χ2n) is 11.8. The molecule has 0 radical (unpaired) electrons. The van der Waals surface area contributed by atoms with Gasteiger partial charge in [-0.05, 0) is 52.4 Å². The van der Waals surface area contributed by atoms with Crippen LogP contribution in [0, 0.1) is 11.3 Å². The first kappa shape index (κ1) is 32.2. The van der Waals surface area contributed by atoms with Crippen LogP contribution < -0.4 is 10.6 Å². The van der Waals surface area contributed by atoms with Crippen LogP contribution in [0.5, 0.6) is 0 Å². The van der Waals surface area contributed by atoms with Crippen LogP contribution in [0.1, 0.15) is 99.3 Å². The number of carbonyl (C=O) groups is 5. The van der Waals surface area contributed by atoms with Crippen molar-refractivity contribution < 1.29 is 38.9 Å².